The van der Waals surface area contributed by atoms with Crippen molar-refractivity contribution in [2.75, 3.05) is 65.6 Å². The monoisotopic (exact) mass is 680 g/mol. The van der Waals surface area contributed by atoms with Crippen LogP contribution in [-0.2, 0) is 14.4 Å². The molecule has 0 amide bonds. The molecule has 1 atom stereocenters. The van der Waals surface area contributed by atoms with Crippen molar-refractivity contribution in [3.63, 3.8) is 0 Å². The molecule has 0 saturated carbocycles. The highest BCUT2D eigenvalue weighted by Crippen LogP contribution is 2.48. The van der Waals surface area contributed by atoms with Gasteiger partial charge in [0.15, 0.2) is 5.78 Å². The summed E-state index contributed by atoms with van der Waals surface area (Å²) in [6, 6.07) is 22.1. The number of ketones is 2. The standard InChI is InChI=1S/C41H52N4O5/c1-7-43(8-2)22-21-36(42-50-37(46)28-44(9-3)10-4)39(47)30-17-15-29(16-18-30)38-33-14-12-11-13-32(33)35-27-31(19-20-34(35)38)40(48)41(5,6)45-23-25-49-26-24-45/h11-20,27,38H,7-10,21-26,28H2,1-6H3/b42-36+. The molecule has 1 heterocycles. The van der Waals surface area contributed by atoms with Gasteiger partial charge in [-0.1, -0.05) is 93.5 Å². The molecule has 5 rings (SSSR count). The Morgan fingerprint density at radius 2 is 1.44 bits per heavy atom. The van der Waals surface area contributed by atoms with Gasteiger partial charge in [-0.15, -0.1) is 0 Å². The van der Waals surface area contributed by atoms with Crippen LogP contribution in [-0.4, -0.2) is 109 Å². The van der Waals surface area contributed by atoms with E-state index in [4.69, 9.17) is 9.57 Å². The first-order chi connectivity index (χ1) is 24.1. The highest BCUT2D eigenvalue weighted by atomic mass is 16.7. The number of likely N-dealkylation sites (N-methyl/N-ethyl adjacent to an activating group) is 1. The summed E-state index contributed by atoms with van der Waals surface area (Å²) >= 11 is 0. The van der Waals surface area contributed by atoms with Crippen molar-refractivity contribution < 1.29 is 24.0 Å². The number of morpholine rings is 1. The average Bonchev–Trinajstić information content (AvgIpc) is 3.48. The Hall–Kier alpha value is -4.02. The van der Waals surface area contributed by atoms with Crippen LogP contribution in [0.5, 0.6) is 0 Å². The van der Waals surface area contributed by atoms with Crippen LogP contribution >= 0.6 is 0 Å². The first-order valence-electron chi connectivity index (χ1n) is 18.1. The maximum atomic E-state index is 13.9. The Labute approximate surface area is 297 Å². The van der Waals surface area contributed by atoms with Gasteiger partial charge in [-0.2, -0.15) is 0 Å². The molecule has 3 aromatic carbocycles. The average molecular weight is 681 g/mol. The maximum absolute atomic E-state index is 13.9. The third kappa shape index (κ3) is 8.13. The van der Waals surface area contributed by atoms with Gasteiger partial charge in [-0.25, -0.2) is 4.79 Å². The summed E-state index contributed by atoms with van der Waals surface area (Å²) in [4.78, 5) is 51.9. The Balaban J connectivity index is 1.40. The summed E-state index contributed by atoms with van der Waals surface area (Å²) in [6.07, 6.45) is 0.369. The zero-order valence-electron chi connectivity index (χ0n) is 30.5. The molecule has 9 heteroatoms. The van der Waals surface area contributed by atoms with Gasteiger partial charge >= 0.3 is 5.97 Å². The van der Waals surface area contributed by atoms with Crippen molar-refractivity contribution in [3.05, 3.63) is 94.5 Å². The van der Waals surface area contributed by atoms with Gasteiger partial charge in [0.25, 0.3) is 0 Å². The van der Waals surface area contributed by atoms with Crippen molar-refractivity contribution >= 4 is 23.2 Å². The third-order valence-electron chi connectivity index (χ3n) is 10.4. The molecule has 2 aliphatic rings. The Bertz CT molecular complexity index is 1690. The molecule has 266 valence electrons. The van der Waals surface area contributed by atoms with Crippen LogP contribution in [0.2, 0.25) is 0 Å². The number of hydrogen-bond acceptors (Lipinski definition) is 9. The number of rotatable bonds is 16. The topological polar surface area (TPSA) is 91.8 Å². The van der Waals surface area contributed by atoms with E-state index < -0.39 is 11.5 Å². The van der Waals surface area contributed by atoms with Crippen LogP contribution in [0.15, 0.2) is 71.9 Å². The quantitative estimate of drug-likeness (QED) is 0.0590. The largest absolute Gasteiger partial charge is 0.379 e. The number of benzene rings is 3. The Kier molecular flexibility index (Phi) is 12.5. The summed E-state index contributed by atoms with van der Waals surface area (Å²) in [7, 11) is 0. The molecule has 0 radical (unpaired) electrons. The van der Waals surface area contributed by atoms with Gasteiger partial charge in [0.2, 0.25) is 5.78 Å². The summed E-state index contributed by atoms with van der Waals surface area (Å²) < 4.78 is 5.53. The van der Waals surface area contributed by atoms with Gasteiger partial charge < -0.3 is 14.5 Å². The van der Waals surface area contributed by atoms with Crippen LogP contribution in [0, 0.1) is 0 Å². The number of ether oxygens (including phenoxy) is 1. The van der Waals surface area contributed by atoms with E-state index in [9.17, 15) is 14.4 Å². The van der Waals surface area contributed by atoms with E-state index in [1.165, 1.54) is 5.56 Å². The zero-order chi connectivity index (χ0) is 35.8. The molecule has 1 unspecified atom stereocenters. The molecule has 0 bridgehead atoms. The SMILES string of the molecule is CCN(CC)CC/C(=N\OC(=O)CN(CC)CC)C(=O)c1ccc(C2c3ccccc3-c3cc(C(=O)C(C)(C)N4CCOCC4)ccc32)cc1. The van der Waals surface area contributed by atoms with Gasteiger partial charge in [-0.05, 0) is 73.9 Å². The van der Waals surface area contributed by atoms with Crippen LogP contribution in [0.25, 0.3) is 11.1 Å². The fraction of sp³-hybridized carbons (Fsp3) is 0.463. The predicted molar refractivity (Wildman–Crippen MR) is 198 cm³/mol. The minimum absolute atomic E-state index is 0.0430. The highest BCUT2D eigenvalue weighted by Gasteiger charge is 2.37. The maximum Gasteiger partial charge on any atom is 0.348 e. The van der Waals surface area contributed by atoms with Crippen molar-refractivity contribution in [2.24, 2.45) is 5.16 Å². The molecule has 1 aliphatic heterocycles. The second-order valence-electron chi connectivity index (χ2n) is 13.5. The zero-order valence-corrected chi connectivity index (χ0v) is 30.5. The van der Waals surface area contributed by atoms with Crippen molar-refractivity contribution in [2.45, 2.75) is 59.4 Å². The van der Waals surface area contributed by atoms with Gasteiger partial charge in [0.1, 0.15) is 5.71 Å². The first-order valence-corrected chi connectivity index (χ1v) is 18.1. The summed E-state index contributed by atoms with van der Waals surface area (Å²) in [5.41, 5.74) is 6.30. The van der Waals surface area contributed by atoms with Crippen molar-refractivity contribution in [3.8, 4) is 11.1 Å². The second-order valence-corrected chi connectivity index (χ2v) is 13.5. The van der Waals surface area contributed by atoms with Crippen molar-refractivity contribution in [1.82, 2.24) is 14.7 Å². The Morgan fingerprint density at radius 3 is 2.10 bits per heavy atom. The lowest BCUT2D eigenvalue weighted by Gasteiger charge is -2.39. The summed E-state index contributed by atoms with van der Waals surface area (Å²) in [5, 5.41) is 4.12. The van der Waals surface area contributed by atoms with Gasteiger partial charge in [0, 0.05) is 43.1 Å². The van der Waals surface area contributed by atoms with Crippen LogP contribution in [0.4, 0.5) is 0 Å². The van der Waals surface area contributed by atoms with E-state index in [0.29, 0.717) is 37.3 Å². The minimum Gasteiger partial charge on any atom is -0.379 e. The first kappa shape index (κ1) is 37.2. The molecule has 50 heavy (non-hydrogen) atoms. The lowest BCUT2D eigenvalue weighted by Crippen LogP contribution is -2.54. The summed E-state index contributed by atoms with van der Waals surface area (Å²) in [6.45, 7) is 18.8. The van der Waals surface area contributed by atoms with Crippen LogP contribution in [0.3, 0.4) is 0 Å². The fourth-order valence-electron chi connectivity index (χ4n) is 7.09. The third-order valence-corrected chi connectivity index (χ3v) is 10.4. The molecule has 0 spiro atoms. The van der Waals surface area contributed by atoms with E-state index >= 15 is 0 Å². The second kappa shape index (κ2) is 16.8. The highest BCUT2D eigenvalue weighted by molar-refractivity contribution is 6.46. The van der Waals surface area contributed by atoms with Crippen LogP contribution in [0.1, 0.15) is 91.3 Å². The smallest absolute Gasteiger partial charge is 0.348 e. The molecule has 1 fully saturated rings. The Morgan fingerprint density at radius 1 is 0.820 bits per heavy atom. The number of fused-ring (bicyclic) bond motifs is 3. The van der Waals surface area contributed by atoms with Crippen molar-refractivity contribution in [1.29, 1.82) is 0 Å². The van der Waals surface area contributed by atoms with Gasteiger partial charge in [0.05, 0.1) is 25.3 Å². The van der Waals surface area contributed by atoms with Crippen LogP contribution < -0.4 is 0 Å². The molecule has 9 nitrogen and oxygen atoms in total. The normalized spacial score (nSPS) is 16.4. The molecular weight excluding hydrogens is 628 g/mol. The van der Waals surface area contributed by atoms with E-state index in [1.807, 2.05) is 75.1 Å². The molecule has 3 aromatic rings. The molecule has 0 aromatic heterocycles. The van der Waals surface area contributed by atoms with Gasteiger partial charge in [-0.3, -0.25) is 19.4 Å². The minimum atomic E-state index is -0.644. The molecule has 1 aliphatic carbocycles. The lowest BCUT2D eigenvalue weighted by molar-refractivity contribution is -0.144. The van der Waals surface area contributed by atoms with E-state index in [-0.39, 0.29) is 29.7 Å². The lowest BCUT2D eigenvalue weighted by atomic mass is 9.86. The van der Waals surface area contributed by atoms with E-state index in [0.717, 1.165) is 61.5 Å². The van der Waals surface area contributed by atoms with E-state index in [2.05, 4.69) is 53.1 Å². The van der Waals surface area contributed by atoms with E-state index in [1.54, 1.807) is 0 Å². The molecule has 0 N–H and O–H groups in total. The molecule has 1 saturated heterocycles. The summed E-state index contributed by atoms with van der Waals surface area (Å²) in [5.74, 6) is -0.676. The number of carbonyl (C=O) groups excluding carboxylic acids is 3. The number of hydrogen-bond donors (Lipinski definition) is 0. The fourth-order valence-corrected chi connectivity index (χ4v) is 7.09. The number of carbonyl (C=O) groups is 3. The number of oxime groups is 1. The number of nitrogens with zero attached hydrogens (tertiary/aromatic N) is 4. The molecular formula is C41H52N4O5. The number of Topliss-reactive ketones (excluding diaryl/α,β-unsaturated/α-hetero) is 2. The predicted octanol–water partition coefficient (Wildman–Crippen LogP) is 6.30.